The van der Waals surface area contributed by atoms with E-state index in [2.05, 4.69) is 66.2 Å². The predicted octanol–water partition coefficient (Wildman–Crippen LogP) is 5.74. The van der Waals surface area contributed by atoms with Gasteiger partial charge in [0.1, 0.15) is 0 Å². The zero-order valence-corrected chi connectivity index (χ0v) is 33.7. The van der Waals surface area contributed by atoms with Gasteiger partial charge >= 0.3 is 0 Å². The molecular weight excluding hydrogens is 739 g/mol. The molecule has 3 N–H and O–H groups in total. The summed E-state index contributed by atoms with van der Waals surface area (Å²) in [5, 5.41) is 9.66. The fraction of sp³-hybridized carbons (Fsp3) is 0.408. The van der Waals surface area contributed by atoms with Crippen molar-refractivity contribution in [3.05, 3.63) is 143 Å². The van der Waals surface area contributed by atoms with Gasteiger partial charge in [-0.1, -0.05) is 105 Å². The molecule has 2 heterocycles. The summed E-state index contributed by atoms with van der Waals surface area (Å²) in [6.07, 6.45) is 2.60. The Kier molecular flexibility index (Phi) is 10.6. The largest absolute Gasteiger partial charge is 0.352 e. The lowest BCUT2D eigenvalue weighted by Gasteiger charge is -2.21. The number of amides is 5. The van der Waals surface area contributed by atoms with Gasteiger partial charge in [-0.15, -0.1) is 0 Å². The number of rotatable bonds is 12. The fourth-order valence-corrected chi connectivity index (χ4v) is 9.71. The maximum atomic E-state index is 14.0. The van der Waals surface area contributed by atoms with E-state index in [0.29, 0.717) is 30.1 Å². The third kappa shape index (κ3) is 8.27. The molecule has 3 saturated carbocycles. The van der Waals surface area contributed by atoms with Crippen LogP contribution in [0.3, 0.4) is 0 Å². The van der Waals surface area contributed by atoms with Crippen molar-refractivity contribution in [1.82, 2.24) is 25.8 Å². The van der Waals surface area contributed by atoms with Crippen molar-refractivity contribution >= 4 is 29.5 Å². The van der Waals surface area contributed by atoms with Crippen LogP contribution in [0.2, 0.25) is 0 Å². The van der Waals surface area contributed by atoms with E-state index >= 15 is 0 Å². The summed E-state index contributed by atoms with van der Waals surface area (Å²) in [4.78, 5) is 72.6. The summed E-state index contributed by atoms with van der Waals surface area (Å²) in [6.45, 7) is 5.29. The SMILES string of the molecule is CC(C)C1CN(C(=O)c2ccc(C(=O)N3C[C@@H](C(=O)N[C@H]4C[C@@H]4c4ccccc4)[C@H](C(=O)N[C@H]4C[C@@H]4c4ccccc4)C3)cc2)CC1C(=O)N[C@H]1C[C@@H]1c1ccccc1. The van der Waals surface area contributed by atoms with Crippen molar-refractivity contribution in [2.75, 3.05) is 26.2 Å². The monoisotopic (exact) mass is 791 g/mol. The second kappa shape index (κ2) is 16.1. The summed E-state index contributed by atoms with van der Waals surface area (Å²) < 4.78 is 0. The molecule has 5 aliphatic rings. The van der Waals surface area contributed by atoms with Gasteiger partial charge in [0.25, 0.3) is 11.8 Å². The molecule has 59 heavy (non-hydrogen) atoms. The van der Waals surface area contributed by atoms with Gasteiger partial charge in [-0.25, -0.2) is 0 Å². The highest BCUT2D eigenvalue weighted by molar-refractivity contribution is 5.99. The molecule has 0 spiro atoms. The summed E-state index contributed by atoms with van der Waals surface area (Å²) in [5.74, 6) is -1.48. The van der Waals surface area contributed by atoms with E-state index in [1.54, 1.807) is 34.1 Å². The number of carbonyl (C=O) groups excluding carboxylic acids is 5. The molecule has 2 saturated heterocycles. The number of carbonyl (C=O) groups is 5. The molecule has 0 radical (unpaired) electrons. The standard InChI is InChI=1S/C49H53N5O5/c1-29(2)38-25-53(26-39(38)45(55)50-42-22-35(42)30-12-6-3-7-13-30)48(58)33-18-20-34(21-19-33)49(59)54-27-40(46(56)51-43-23-36(43)31-14-8-4-9-15-31)41(28-54)47(57)52-44-24-37(44)32-16-10-5-11-17-32/h3-21,29,35-44H,22-28H2,1-2H3,(H,50,55)(H,51,56)(H,52,57)/t35-,36-,37-,38?,39?,40-,41-,42+,43+,44+/m1/s1. The van der Waals surface area contributed by atoms with E-state index in [4.69, 9.17) is 0 Å². The minimum atomic E-state index is -0.691. The average molecular weight is 792 g/mol. The first-order valence-electron chi connectivity index (χ1n) is 21.4. The molecule has 2 aliphatic heterocycles. The molecule has 304 valence electrons. The Hall–Kier alpha value is -5.77. The highest BCUT2D eigenvalue weighted by Gasteiger charge is 2.49. The van der Waals surface area contributed by atoms with E-state index in [1.807, 2.05) is 54.6 Å². The van der Waals surface area contributed by atoms with Crippen LogP contribution in [0.15, 0.2) is 115 Å². The van der Waals surface area contributed by atoms with E-state index in [9.17, 15) is 24.0 Å². The third-order valence-electron chi connectivity index (χ3n) is 13.5. The Labute approximate surface area is 346 Å². The number of benzene rings is 4. The minimum absolute atomic E-state index is 0.00406. The normalized spacial score (nSPS) is 29.1. The summed E-state index contributed by atoms with van der Waals surface area (Å²) in [6, 6.07) is 37.2. The Morgan fingerprint density at radius 3 is 1.14 bits per heavy atom. The molecule has 4 aromatic rings. The highest BCUT2D eigenvalue weighted by atomic mass is 16.2. The van der Waals surface area contributed by atoms with Crippen LogP contribution in [-0.2, 0) is 14.4 Å². The molecule has 10 atom stereocenters. The molecule has 10 heteroatoms. The van der Waals surface area contributed by atoms with Crippen molar-refractivity contribution in [2.45, 2.75) is 69.0 Å². The summed E-state index contributed by atoms with van der Waals surface area (Å²) >= 11 is 0. The number of hydrogen-bond acceptors (Lipinski definition) is 5. The minimum Gasteiger partial charge on any atom is -0.352 e. The van der Waals surface area contributed by atoms with E-state index in [1.165, 1.54) is 16.7 Å². The smallest absolute Gasteiger partial charge is 0.253 e. The molecule has 4 aromatic carbocycles. The number of hydrogen-bond donors (Lipinski definition) is 3. The highest BCUT2D eigenvalue weighted by Crippen LogP contribution is 2.44. The molecule has 10 nitrogen and oxygen atoms in total. The van der Waals surface area contributed by atoms with Gasteiger partial charge in [0.05, 0.1) is 17.8 Å². The number of nitrogens with one attached hydrogen (secondary N) is 3. The van der Waals surface area contributed by atoms with Gasteiger partial charge in [0.2, 0.25) is 17.7 Å². The van der Waals surface area contributed by atoms with Crippen molar-refractivity contribution in [3.8, 4) is 0 Å². The van der Waals surface area contributed by atoms with Gasteiger partial charge in [-0.05, 0) is 72.1 Å². The van der Waals surface area contributed by atoms with E-state index in [-0.39, 0.29) is 90.3 Å². The summed E-state index contributed by atoms with van der Waals surface area (Å²) in [7, 11) is 0. The van der Waals surface area contributed by atoms with Crippen LogP contribution in [0.4, 0.5) is 0 Å². The number of nitrogens with zero attached hydrogens (tertiary/aromatic N) is 2. The zero-order chi connectivity index (χ0) is 40.8. The molecule has 2 unspecified atom stereocenters. The average Bonchev–Trinajstić information content (AvgIpc) is 4.23. The predicted molar refractivity (Wildman–Crippen MR) is 224 cm³/mol. The Balaban J connectivity index is 0.841. The molecule has 5 fully saturated rings. The van der Waals surface area contributed by atoms with Crippen LogP contribution < -0.4 is 16.0 Å². The second-order valence-electron chi connectivity index (χ2n) is 17.8. The Morgan fingerprint density at radius 1 is 0.458 bits per heavy atom. The molecular formula is C49H53N5O5. The number of likely N-dealkylation sites (tertiary alicyclic amines) is 2. The maximum Gasteiger partial charge on any atom is 0.253 e. The lowest BCUT2D eigenvalue weighted by Crippen LogP contribution is -2.43. The van der Waals surface area contributed by atoms with Crippen molar-refractivity contribution in [2.24, 2.45) is 29.6 Å². The Bertz CT molecular complexity index is 2120. The maximum absolute atomic E-state index is 14.0. The van der Waals surface area contributed by atoms with Gasteiger partial charge in [-0.3, -0.25) is 24.0 Å². The van der Waals surface area contributed by atoms with Crippen LogP contribution >= 0.6 is 0 Å². The van der Waals surface area contributed by atoms with Gasteiger partial charge in [-0.2, -0.15) is 0 Å². The van der Waals surface area contributed by atoms with Crippen LogP contribution in [-0.4, -0.2) is 83.6 Å². The first-order chi connectivity index (χ1) is 28.6. The first-order valence-corrected chi connectivity index (χ1v) is 21.4. The van der Waals surface area contributed by atoms with E-state index in [0.717, 1.165) is 19.3 Å². The van der Waals surface area contributed by atoms with Crippen LogP contribution in [0, 0.1) is 29.6 Å². The molecule has 5 amide bonds. The van der Waals surface area contributed by atoms with Crippen molar-refractivity contribution in [1.29, 1.82) is 0 Å². The Morgan fingerprint density at radius 2 is 0.780 bits per heavy atom. The lowest BCUT2D eigenvalue weighted by molar-refractivity contribution is -0.133. The van der Waals surface area contributed by atoms with E-state index < -0.39 is 11.8 Å². The topological polar surface area (TPSA) is 128 Å². The van der Waals surface area contributed by atoms with Gasteiger partial charge in [0, 0.05) is 73.2 Å². The van der Waals surface area contributed by atoms with Crippen LogP contribution in [0.5, 0.6) is 0 Å². The fourth-order valence-electron chi connectivity index (χ4n) is 9.71. The quantitative estimate of drug-likeness (QED) is 0.169. The van der Waals surface area contributed by atoms with Crippen molar-refractivity contribution < 1.29 is 24.0 Å². The molecule has 0 aromatic heterocycles. The summed E-state index contributed by atoms with van der Waals surface area (Å²) in [5.41, 5.74) is 4.43. The van der Waals surface area contributed by atoms with Crippen molar-refractivity contribution in [3.63, 3.8) is 0 Å². The second-order valence-corrected chi connectivity index (χ2v) is 17.8. The third-order valence-corrected chi connectivity index (χ3v) is 13.5. The van der Waals surface area contributed by atoms with Crippen LogP contribution in [0.1, 0.15) is 88.3 Å². The lowest BCUT2D eigenvalue weighted by atomic mass is 9.85. The zero-order valence-electron chi connectivity index (χ0n) is 33.7. The van der Waals surface area contributed by atoms with Gasteiger partial charge in [0.15, 0.2) is 0 Å². The van der Waals surface area contributed by atoms with Gasteiger partial charge < -0.3 is 25.8 Å². The van der Waals surface area contributed by atoms with Crippen LogP contribution in [0.25, 0.3) is 0 Å². The molecule has 3 aliphatic carbocycles. The first kappa shape index (κ1) is 38.7. The molecule has 0 bridgehead atoms. The molecule has 9 rings (SSSR count).